The summed E-state index contributed by atoms with van der Waals surface area (Å²) in [4.78, 5) is 2.49. The van der Waals surface area contributed by atoms with Gasteiger partial charge in [0.25, 0.3) is 0 Å². The number of nitrogens with zero attached hydrogens (tertiary/aromatic N) is 1. The highest BCUT2D eigenvalue weighted by Gasteiger charge is 2.20. The lowest BCUT2D eigenvalue weighted by atomic mass is 9.94. The summed E-state index contributed by atoms with van der Waals surface area (Å²) in [5.74, 6) is 0.904. The van der Waals surface area contributed by atoms with Crippen LogP contribution >= 0.6 is 0 Å². The summed E-state index contributed by atoms with van der Waals surface area (Å²) in [5, 5.41) is 3.57. The number of hydrogen-bond acceptors (Lipinski definition) is 2. The maximum absolute atomic E-state index is 3.57. The second kappa shape index (κ2) is 5.66. The molecule has 0 saturated heterocycles. The van der Waals surface area contributed by atoms with Crippen molar-refractivity contribution in [2.75, 3.05) is 26.7 Å². The molecule has 1 unspecified atom stereocenters. The molecular weight excluding hydrogens is 184 g/mol. The van der Waals surface area contributed by atoms with Crippen LogP contribution in [0.3, 0.4) is 0 Å². The minimum atomic E-state index is 0.857. The highest BCUT2D eigenvalue weighted by molar-refractivity contribution is 4.90. The number of nitrogens with one attached hydrogen (secondary N) is 1. The maximum Gasteiger partial charge on any atom is 0.0104 e. The van der Waals surface area contributed by atoms with E-state index in [1.807, 2.05) is 0 Å². The first kappa shape index (κ1) is 11.2. The lowest BCUT2D eigenvalue weighted by molar-refractivity contribution is 0.264. The quantitative estimate of drug-likeness (QED) is 0.672. The highest BCUT2D eigenvalue weighted by atomic mass is 15.1. The van der Waals surface area contributed by atoms with E-state index >= 15 is 0 Å². The van der Waals surface area contributed by atoms with E-state index in [1.165, 1.54) is 51.7 Å². The van der Waals surface area contributed by atoms with Crippen molar-refractivity contribution >= 4 is 0 Å². The van der Waals surface area contributed by atoms with Crippen LogP contribution in [0.4, 0.5) is 0 Å². The molecule has 2 aliphatic carbocycles. The van der Waals surface area contributed by atoms with Crippen LogP contribution in [0, 0.1) is 5.92 Å². The minimum Gasteiger partial charge on any atom is -0.313 e. The van der Waals surface area contributed by atoms with Crippen molar-refractivity contribution in [3.8, 4) is 0 Å². The molecule has 2 rings (SSSR count). The number of rotatable bonds is 6. The Morgan fingerprint density at radius 3 is 2.80 bits per heavy atom. The summed E-state index contributed by atoms with van der Waals surface area (Å²) in [6, 6.07) is 0.857. The van der Waals surface area contributed by atoms with Gasteiger partial charge in [-0.25, -0.2) is 0 Å². The monoisotopic (exact) mass is 208 g/mol. The average Bonchev–Trinajstić information content (AvgIpc) is 3.03. The van der Waals surface area contributed by atoms with Crippen LogP contribution in [0.25, 0.3) is 0 Å². The molecule has 2 heteroatoms. The summed E-state index contributed by atoms with van der Waals surface area (Å²) in [7, 11) is 2.26. The van der Waals surface area contributed by atoms with Crippen molar-refractivity contribution in [3.05, 3.63) is 12.2 Å². The van der Waals surface area contributed by atoms with Gasteiger partial charge in [-0.3, -0.25) is 0 Å². The maximum atomic E-state index is 3.57. The van der Waals surface area contributed by atoms with Gasteiger partial charge in [-0.05, 0) is 45.1 Å². The zero-order valence-electron chi connectivity index (χ0n) is 9.91. The van der Waals surface area contributed by atoms with Gasteiger partial charge in [0, 0.05) is 25.7 Å². The van der Waals surface area contributed by atoms with Gasteiger partial charge in [-0.1, -0.05) is 12.2 Å². The molecular formula is C13H24N2. The van der Waals surface area contributed by atoms with Gasteiger partial charge in [0.05, 0.1) is 0 Å². The summed E-state index contributed by atoms with van der Waals surface area (Å²) < 4.78 is 0. The topological polar surface area (TPSA) is 15.3 Å². The number of allylic oxidation sites excluding steroid dienone is 2. The van der Waals surface area contributed by atoms with Crippen LogP contribution in [0.15, 0.2) is 12.2 Å². The fourth-order valence-electron chi connectivity index (χ4n) is 2.30. The van der Waals surface area contributed by atoms with E-state index in [2.05, 4.69) is 29.4 Å². The third kappa shape index (κ3) is 4.35. The summed E-state index contributed by atoms with van der Waals surface area (Å²) in [6.07, 6.45) is 11.4. The Labute approximate surface area is 93.7 Å². The molecule has 15 heavy (non-hydrogen) atoms. The van der Waals surface area contributed by atoms with Crippen molar-refractivity contribution in [1.82, 2.24) is 10.2 Å². The van der Waals surface area contributed by atoms with Crippen LogP contribution in [-0.2, 0) is 0 Å². The average molecular weight is 208 g/mol. The Morgan fingerprint density at radius 1 is 1.27 bits per heavy atom. The second-order valence-electron chi connectivity index (χ2n) is 5.14. The molecule has 0 radical (unpaired) electrons. The molecule has 0 spiro atoms. The van der Waals surface area contributed by atoms with E-state index < -0.39 is 0 Å². The van der Waals surface area contributed by atoms with E-state index in [1.54, 1.807) is 0 Å². The van der Waals surface area contributed by atoms with Crippen molar-refractivity contribution in [2.24, 2.45) is 5.92 Å². The zero-order valence-corrected chi connectivity index (χ0v) is 9.91. The third-order valence-corrected chi connectivity index (χ3v) is 3.45. The van der Waals surface area contributed by atoms with Crippen LogP contribution in [0.5, 0.6) is 0 Å². The summed E-state index contributed by atoms with van der Waals surface area (Å²) >= 11 is 0. The largest absolute Gasteiger partial charge is 0.313 e. The molecule has 2 aliphatic rings. The van der Waals surface area contributed by atoms with Gasteiger partial charge >= 0.3 is 0 Å². The van der Waals surface area contributed by atoms with Crippen molar-refractivity contribution in [1.29, 1.82) is 0 Å². The van der Waals surface area contributed by atoms with Crippen LogP contribution in [-0.4, -0.2) is 37.6 Å². The van der Waals surface area contributed by atoms with Crippen molar-refractivity contribution < 1.29 is 0 Å². The van der Waals surface area contributed by atoms with Gasteiger partial charge in [-0.2, -0.15) is 0 Å². The van der Waals surface area contributed by atoms with Crippen molar-refractivity contribution in [3.63, 3.8) is 0 Å². The predicted molar refractivity (Wildman–Crippen MR) is 65.0 cm³/mol. The Balaban J connectivity index is 1.54. The Bertz CT molecular complexity index is 209. The number of likely N-dealkylation sites (N-methyl/N-ethyl adjacent to an activating group) is 1. The van der Waals surface area contributed by atoms with Gasteiger partial charge in [0.15, 0.2) is 0 Å². The lowest BCUT2D eigenvalue weighted by Crippen LogP contribution is -2.33. The normalized spacial score (nSPS) is 26.1. The van der Waals surface area contributed by atoms with E-state index in [-0.39, 0.29) is 0 Å². The first-order valence-electron chi connectivity index (χ1n) is 6.41. The zero-order chi connectivity index (χ0) is 10.5. The van der Waals surface area contributed by atoms with Gasteiger partial charge in [0.2, 0.25) is 0 Å². The SMILES string of the molecule is CN(CCNC1CC1)CC1CC=CCC1. The molecule has 86 valence electrons. The molecule has 0 heterocycles. The van der Waals surface area contributed by atoms with Crippen LogP contribution in [0.2, 0.25) is 0 Å². The molecule has 0 aromatic rings. The summed E-state index contributed by atoms with van der Waals surface area (Å²) in [6.45, 7) is 3.65. The molecule has 0 bridgehead atoms. The van der Waals surface area contributed by atoms with Gasteiger partial charge in [-0.15, -0.1) is 0 Å². The molecule has 1 N–H and O–H groups in total. The lowest BCUT2D eigenvalue weighted by Gasteiger charge is -2.24. The molecule has 0 aromatic heterocycles. The van der Waals surface area contributed by atoms with Gasteiger partial charge < -0.3 is 10.2 Å². The third-order valence-electron chi connectivity index (χ3n) is 3.45. The Kier molecular flexibility index (Phi) is 4.21. The number of hydrogen-bond donors (Lipinski definition) is 1. The van der Waals surface area contributed by atoms with Crippen LogP contribution < -0.4 is 5.32 Å². The fourth-order valence-corrected chi connectivity index (χ4v) is 2.30. The molecule has 2 nitrogen and oxygen atoms in total. The Hall–Kier alpha value is -0.340. The van der Waals surface area contributed by atoms with E-state index in [4.69, 9.17) is 0 Å². The molecule has 0 aromatic carbocycles. The van der Waals surface area contributed by atoms with Crippen molar-refractivity contribution in [2.45, 2.75) is 38.1 Å². The Morgan fingerprint density at radius 2 is 2.13 bits per heavy atom. The first-order chi connectivity index (χ1) is 7.34. The summed E-state index contributed by atoms with van der Waals surface area (Å²) in [5.41, 5.74) is 0. The standard InChI is InChI=1S/C13H24N2/c1-15(10-9-14-13-7-8-13)11-12-5-3-2-4-6-12/h2-3,12-14H,4-11H2,1H3. The van der Waals surface area contributed by atoms with Crippen LogP contribution in [0.1, 0.15) is 32.1 Å². The fraction of sp³-hybridized carbons (Fsp3) is 0.846. The molecule has 1 fully saturated rings. The van der Waals surface area contributed by atoms with E-state index in [9.17, 15) is 0 Å². The predicted octanol–water partition coefficient (Wildman–Crippen LogP) is 2.03. The molecule has 1 saturated carbocycles. The highest BCUT2D eigenvalue weighted by Crippen LogP contribution is 2.19. The molecule has 0 aliphatic heterocycles. The first-order valence-corrected chi connectivity index (χ1v) is 6.41. The minimum absolute atomic E-state index is 0.857. The van der Waals surface area contributed by atoms with E-state index in [0.29, 0.717) is 0 Å². The smallest absolute Gasteiger partial charge is 0.0104 e. The van der Waals surface area contributed by atoms with Gasteiger partial charge in [0.1, 0.15) is 0 Å². The second-order valence-corrected chi connectivity index (χ2v) is 5.14. The molecule has 1 atom stereocenters. The molecule has 0 amide bonds. The van der Waals surface area contributed by atoms with E-state index in [0.717, 1.165) is 12.0 Å².